The van der Waals surface area contributed by atoms with Crippen molar-refractivity contribution in [1.29, 1.82) is 4.78 Å². The number of halogens is 1. The van der Waals surface area contributed by atoms with E-state index in [4.69, 9.17) is 16.4 Å². The van der Waals surface area contributed by atoms with Gasteiger partial charge in [0.1, 0.15) is 5.52 Å². The number of rotatable bonds is 6. The zero-order valence-corrected chi connectivity index (χ0v) is 18.3. The molecule has 0 fully saturated rings. The van der Waals surface area contributed by atoms with Crippen molar-refractivity contribution in [1.82, 2.24) is 19.5 Å². The van der Waals surface area contributed by atoms with E-state index in [2.05, 4.69) is 20.3 Å². The van der Waals surface area contributed by atoms with E-state index in [1.165, 1.54) is 6.26 Å². The Morgan fingerprint density at radius 1 is 1.24 bits per heavy atom. The highest BCUT2D eigenvalue weighted by Gasteiger charge is 2.18. The van der Waals surface area contributed by atoms with Crippen molar-refractivity contribution in [3.05, 3.63) is 51.2 Å². The van der Waals surface area contributed by atoms with Crippen molar-refractivity contribution in [2.45, 2.75) is 44.7 Å². The number of hydrogen-bond acceptors (Lipinski definition) is 7. The van der Waals surface area contributed by atoms with Crippen molar-refractivity contribution in [2.24, 2.45) is 0 Å². The zero-order valence-electron chi connectivity index (χ0n) is 16.7. The maximum atomic E-state index is 13.1. The molecule has 154 valence electrons. The summed E-state index contributed by atoms with van der Waals surface area (Å²) in [6.45, 7) is 6.06. The first kappa shape index (κ1) is 21.2. The summed E-state index contributed by atoms with van der Waals surface area (Å²) in [5.41, 5.74) is 2.13. The minimum absolute atomic E-state index is 0.0796. The quantitative estimate of drug-likeness (QED) is 0.571. The predicted octanol–water partition coefficient (Wildman–Crippen LogP) is 3.77. The molecule has 3 aromatic rings. The molecule has 0 amide bonds. The Kier molecular flexibility index (Phi) is 5.90. The molecule has 3 rings (SSSR count). The Balaban J connectivity index is 2.01. The number of nitrogens with zero attached hydrogens (tertiary/aromatic N) is 4. The second-order valence-corrected chi connectivity index (χ2v) is 9.48. The monoisotopic (exact) mass is 434 g/mol. The molecule has 2 heterocycles. The number of aromatic nitrogens is 4. The van der Waals surface area contributed by atoms with Crippen LogP contribution in [0.4, 0.5) is 5.82 Å². The normalized spacial score (nSPS) is 14.5. The molecule has 0 radical (unpaired) electrons. The van der Waals surface area contributed by atoms with Gasteiger partial charge in [-0.1, -0.05) is 19.1 Å². The van der Waals surface area contributed by atoms with Gasteiger partial charge in [-0.2, -0.15) is 4.98 Å². The first-order valence-corrected chi connectivity index (χ1v) is 11.5. The molecule has 10 heteroatoms. The molecule has 0 saturated heterocycles. The van der Waals surface area contributed by atoms with E-state index < -0.39 is 9.73 Å². The average Bonchev–Trinajstić information content (AvgIpc) is 2.65. The van der Waals surface area contributed by atoms with Crippen LogP contribution in [0.5, 0.6) is 0 Å². The molecule has 8 nitrogen and oxygen atoms in total. The third-order valence-corrected chi connectivity index (χ3v) is 6.09. The summed E-state index contributed by atoms with van der Waals surface area (Å²) >= 11 is 6.01. The first-order valence-electron chi connectivity index (χ1n) is 9.14. The highest BCUT2D eigenvalue weighted by molar-refractivity contribution is 7.91. The van der Waals surface area contributed by atoms with E-state index >= 15 is 0 Å². The largest absolute Gasteiger partial charge is 0.361 e. The van der Waals surface area contributed by atoms with Gasteiger partial charge in [0, 0.05) is 23.7 Å². The van der Waals surface area contributed by atoms with Gasteiger partial charge in [0.25, 0.3) is 5.56 Å². The molecule has 0 bridgehead atoms. The number of anilines is 1. The van der Waals surface area contributed by atoms with Gasteiger partial charge in [-0.3, -0.25) is 9.36 Å². The van der Waals surface area contributed by atoms with Crippen LogP contribution >= 0.6 is 11.6 Å². The fourth-order valence-electron chi connectivity index (χ4n) is 2.95. The third kappa shape index (κ3) is 4.40. The number of nitrogens with one attached hydrogen (secondary N) is 2. The van der Waals surface area contributed by atoms with Crippen LogP contribution in [0.25, 0.3) is 11.2 Å². The van der Waals surface area contributed by atoms with Crippen LogP contribution in [0.3, 0.4) is 0 Å². The van der Waals surface area contributed by atoms with E-state index in [0.717, 1.165) is 12.0 Å². The van der Waals surface area contributed by atoms with Crippen molar-refractivity contribution in [2.75, 3.05) is 11.6 Å². The molecular weight excluding hydrogens is 412 g/mol. The number of aryl methyl sites for hydroxylation is 1. The van der Waals surface area contributed by atoms with Gasteiger partial charge in [0.05, 0.1) is 15.4 Å². The van der Waals surface area contributed by atoms with E-state index in [0.29, 0.717) is 28.3 Å². The van der Waals surface area contributed by atoms with Crippen molar-refractivity contribution >= 4 is 38.3 Å². The molecule has 1 unspecified atom stereocenters. The Labute approximate surface area is 174 Å². The lowest BCUT2D eigenvalue weighted by Crippen LogP contribution is -2.28. The van der Waals surface area contributed by atoms with Gasteiger partial charge in [-0.25, -0.2) is 19.0 Å². The highest BCUT2D eigenvalue weighted by Crippen LogP contribution is 2.20. The van der Waals surface area contributed by atoms with Crippen LogP contribution in [-0.4, -0.2) is 30.0 Å². The summed E-state index contributed by atoms with van der Waals surface area (Å²) in [6.07, 6.45) is 2.12. The van der Waals surface area contributed by atoms with E-state index in [-0.39, 0.29) is 22.7 Å². The van der Waals surface area contributed by atoms with Gasteiger partial charge in [0.15, 0.2) is 11.5 Å². The van der Waals surface area contributed by atoms with Gasteiger partial charge in [0.2, 0.25) is 5.28 Å². The van der Waals surface area contributed by atoms with E-state index in [9.17, 15) is 9.00 Å². The maximum Gasteiger partial charge on any atom is 0.295 e. The van der Waals surface area contributed by atoms with E-state index in [1.807, 2.05) is 13.8 Å². The third-order valence-electron chi connectivity index (χ3n) is 4.75. The Hall–Kier alpha value is -2.52. The fourth-order valence-corrected chi connectivity index (χ4v) is 3.81. The molecule has 0 spiro atoms. The highest BCUT2D eigenvalue weighted by atomic mass is 35.5. The number of benzene rings is 1. The smallest absolute Gasteiger partial charge is 0.295 e. The van der Waals surface area contributed by atoms with Crippen LogP contribution in [0.2, 0.25) is 5.28 Å². The molecule has 0 saturated carbocycles. The number of fused-ring (bicyclic) bond motifs is 1. The number of hydrogen-bond donors (Lipinski definition) is 2. The molecule has 1 aromatic carbocycles. The lowest BCUT2D eigenvalue weighted by Gasteiger charge is -2.18. The van der Waals surface area contributed by atoms with Crippen LogP contribution in [0.15, 0.2) is 34.0 Å². The lowest BCUT2D eigenvalue weighted by molar-refractivity contribution is 0.526. The fraction of sp³-hybridized carbons (Fsp3) is 0.368. The van der Waals surface area contributed by atoms with Crippen LogP contribution in [0, 0.1) is 11.7 Å². The first-order chi connectivity index (χ1) is 13.6. The molecule has 2 N–H and O–H groups in total. The molecule has 29 heavy (non-hydrogen) atoms. The summed E-state index contributed by atoms with van der Waals surface area (Å²) in [5, 5.41) is 3.17. The van der Waals surface area contributed by atoms with Crippen LogP contribution < -0.4 is 10.9 Å². The Morgan fingerprint density at radius 3 is 2.48 bits per heavy atom. The average molecular weight is 435 g/mol. The maximum absolute atomic E-state index is 13.1. The summed E-state index contributed by atoms with van der Waals surface area (Å²) in [6, 6.07) is 6.80. The summed E-state index contributed by atoms with van der Waals surface area (Å²) < 4.78 is 21.0. The van der Waals surface area contributed by atoms with Crippen molar-refractivity contribution < 1.29 is 4.21 Å². The predicted molar refractivity (Wildman–Crippen MR) is 115 cm³/mol. The minimum atomic E-state index is -2.75. The molecule has 0 aliphatic carbocycles. The molecule has 0 aliphatic rings. The molecule has 2 atom stereocenters. The molecule has 2 aromatic heterocycles. The SMILES string of the molecule is CC[C@H](C)n1c(=O)c(NCc2ccc(S(C)(=N)=O)cc2)nc2c(C)nc(Cl)nc21. The summed E-state index contributed by atoms with van der Waals surface area (Å²) in [4.78, 5) is 26.4. The second kappa shape index (κ2) is 8.08. The minimum Gasteiger partial charge on any atom is -0.361 e. The van der Waals surface area contributed by atoms with Crippen LogP contribution in [-0.2, 0) is 16.3 Å². The van der Waals surface area contributed by atoms with Crippen molar-refractivity contribution in [3.8, 4) is 0 Å². The molecular formula is C19H23ClN6O2S. The lowest BCUT2D eigenvalue weighted by atomic mass is 10.2. The van der Waals surface area contributed by atoms with Gasteiger partial charge in [-0.15, -0.1) is 0 Å². The van der Waals surface area contributed by atoms with Crippen LogP contribution in [0.1, 0.15) is 37.6 Å². The topological polar surface area (TPSA) is 114 Å². The molecule has 0 aliphatic heterocycles. The van der Waals surface area contributed by atoms with Gasteiger partial charge >= 0.3 is 0 Å². The van der Waals surface area contributed by atoms with Gasteiger partial charge in [-0.05, 0) is 49.6 Å². The van der Waals surface area contributed by atoms with Gasteiger partial charge < -0.3 is 5.32 Å². The second-order valence-electron chi connectivity index (χ2n) is 6.98. The standard InChI is InChI=1S/C19H23ClN6O2S/c1-5-11(2)26-17-15(12(3)23-19(20)25-17)24-16(18(26)27)22-10-13-6-8-14(9-7-13)29(4,21)28/h6-9,11,21H,5,10H2,1-4H3,(H,22,24)/t11-,29?/m0/s1. The summed E-state index contributed by atoms with van der Waals surface area (Å²) in [5.74, 6) is 0.204. The summed E-state index contributed by atoms with van der Waals surface area (Å²) in [7, 11) is -2.75. The zero-order chi connectivity index (χ0) is 21.3. The Bertz CT molecular complexity index is 1220. The van der Waals surface area contributed by atoms with Crippen molar-refractivity contribution in [3.63, 3.8) is 0 Å². The Morgan fingerprint density at radius 2 is 1.90 bits per heavy atom. The van der Waals surface area contributed by atoms with E-state index in [1.54, 1.807) is 35.8 Å².